The van der Waals surface area contributed by atoms with Crippen molar-refractivity contribution in [2.45, 2.75) is 38.8 Å². The lowest BCUT2D eigenvalue weighted by Crippen LogP contribution is -2.43. The fraction of sp³-hybridized carbons (Fsp3) is 0.571. The van der Waals surface area contributed by atoms with Crippen LogP contribution in [0, 0.1) is 0 Å². The van der Waals surface area contributed by atoms with Crippen molar-refractivity contribution in [1.29, 1.82) is 0 Å². The molecule has 0 bridgehead atoms. The summed E-state index contributed by atoms with van der Waals surface area (Å²) >= 11 is 0. The molecule has 0 saturated heterocycles. The molecule has 6 nitrogen and oxygen atoms in total. The van der Waals surface area contributed by atoms with Gasteiger partial charge in [-0.25, -0.2) is 0 Å². The van der Waals surface area contributed by atoms with Gasteiger partial charge < -0.3 is 10.6 Å². The van der Waals surface area contributed by atoms with Gasteiger partial charge in [0.05, 0.1) is 0 Å². The number of nitrogens with one attached hydrogen (secondary N) is 2. The Morgan fingerprint density at radius 2 is 1.20 bits per heavy atom. The summed E-state index contributed by atoms with van der Waals surface area (Å²) in [5.74, 6) is -0.549. The van der Waals surface area contributed by atoms with Crippen LogP contribution in [0.3, 0.4) is 0 Å². The third-order valence-corrected chi connectivity index (χ3v) is 2.48. The monoisotopic (exact) mass is 280 g/mol. The number of amides is 2. The van der Waals surface area contributed by atoms with Gasteiger partial charge in [-0.1, -0.05) is 12.2 Å². The lowest BCUT2D eigenvalue weighted by molar-refractivity contribution is -0.127. The van der Waals surface area contributed by atoms with Crippen molar-refractivity contribution >= 4 is 11.8 Å². The quantitative estimate of drug-likeness (QED) is 0.523. The highest BCUT2D eigenvalue weighted by Gasteiger charge is 2.31. The first-order valence-corrected chi connectivity index (χ1v) is 6.40. The van der Waals surface area contributed by atoms with E-state index in [0.29, 0.717) is 13.1 Å². The fourth-order valence-corrected chi connectivity index (χ4v) is 1.10. The van der Waals surface area contributed by atoms with Gasteiger partial charge in [-0.05, 0) is 27.7 Å². The van der Waals surface area contributed by atoms with Crippen molar-refractivity contribution in [3.8, 4) is 0 Å². The summed E-state index contributed by atoms with van der Waals surface area (Å²) in [5.41, 5.74) is -2.09. The van der Waals surface area contributed by atoms with Crippen LogP contribution < -0.4 is 10.6 Å². The fourth-order valence-electron chi connectivity index (χ4n) is 1.10. The van der Waals surface area contributed by atoms with Crippen LogP contribution in [0.1, 0.15) is 27.7 Å². The molecule has 0 radical (unpaired) electrons. The van der Waals surface area contributed by atoms with Crippen molar-refractivity contribution in [2.75, 3.05) is 13.1 Å². The van der Waals surface area contributed by atoms with Crippen LogP contribution in [0.15, 0.2) is 35.5 Å². The van der Waals surface area contributed by atoms with Crippen molar-refractivity contribution in [1.82, 2.24) is 10.6 Å². The molecule has 0 aromatic carbocycles. The maximum absolute atomic E-state index is 11.9. The largest absolute Gasteiger partial charge is 0.350 e. The molecule has 2 N–H and O–H groups in total. The number of nitrogens with zero attached hydrogens (tertiary/aromatic N) is 2. The van der Waals surface area contributed by atoms with Crippen LogP contribution in [0.4, 0.5) is 0 Å². The zero-order chi connectivity index (χ0) is 15.8. The summed E-state index contributed by atoms with van der Waals surface area (Å²) in [7, 11) is 0. The molecular weight excluding hydrogens is 256 g/mol. The predicted molar refractivity (Wildman–Crippen MR) is 79.4 cm³/mol. The minimum Gasteiger partial charge on any atom is -0.350 e. The smallest absolute Gasteiger partial charge is 0.249 e. The average molecular weight is 280 g/mol. The summed E-state index contributed by atoms with van der Waals surface area (Å²) in [4.78, 5) is 23.7. The van der Waals surface area contributed by atoms with Crippen LogP contribution >= 0.6 is 0 Å². The summed E-state index contributed by atoms with van der Waals surface area (Å²) in [5, 5.41) is 13.3. The van der Waals surface area contributed by atoms with Gasteiger partial charge in [0, 0.05) is 13.1 Å². The van der Waals surface area contributed by atoms with Gasteiger partial charge in [-0.3, -0.25) is 9.59 Å². The number of azo groups is 1. The highest BCUT2D eigenvalue weighted by molar-refractivity contribution is 5.86. The topological polar surface area (TPSA) is 82.9 Å². The van der Waals surface area contributed by atoms with E-state index >= 15 is 0 Å². The number of hydrogen-bond acceptors (Lipinski definition) is 4. The second-order valence-electron chi connectivity index (χ2n) is 5.32. The summed E-state index contributed by atoms with van der Waals surface area (Å²) in [6, 6.07) is 0. The molecular formula is C14H24N4O2. The van der Waals surface area contributed by atoms with Gasteiger partial charge in [0.1, 0.15) is 0 Å². The second kappa shape index (κ2) is 7.57. The van der Waals surface area contributed by atoms with E-state index in [1.165, 1.54) is 0 Å². The molecule has 20 heavy (non-hydrogen) atoms. The Hall–Kier alpha value is -1.98. The van der Waals surface area contributed by atoms with E-state index in [4.69, 9.17) is 0 Å². The molecule has 2 amide bonds. The first-order valence-electron chi connectivity index (χ1n) is 6.40. The van der Waals surface area contributed by atoms with Crippen molar-refractivity contribution in [3.05, 3.63) is 25.3 Å². The van der Waals surface area contributed by atoms with E-state index in [-0.39, 0.29) is 11.8 Å². The third-order valence-electron chi connectivity index (χ3n) is 2.48. The number of hydrogen-bond donors (Lipinski definition) is 2. The molecule has 0 aromatic rings. The Kier molecular flexibility index (Phi) is 6.82. The highest BCUT2D eigenvalue weighted by Crippen LogP contribution is 2.16. The minimum atomic E-state index is -1.04. The summed E-state index contributed by atoms with van der Waals surface area (Å²) in [6.45, 7) is 14.3. The van der Waals surface area contributed by atoms with E-state index in [1.807, 2.05) is 0 Å². The zero-order valence-electron chi connectivity index (χ0n) is 12.7. The zero-order valence-corrected chi connectivity index (χ0v) is 12.7. The Labute approximate surface area is 120 Å². The predicted octanol–water partition coefficient (Wildman–Crippen LogP) is 1.60. The van der Waals surface area contributed by atoms with Gasteiger partial charge in [0.15, 0.2) is 11.1 Å². The molecule has 112 valence electrons. The van der Waals surface area contributed by atoms with E-state index in [1.54, 1.807) is 39.8 Å². The average Bonchev–Trinajstić information content (AvgIpc) is 2.39. The molecule has 0 heterocycles. The maximum atomic E-state index is 11.9. The lowest BCUT2D eigenvalue weighted by atomic mass is 10.0. The second-order valence-corrected chi connectivity index (χ2v) is 5.32. The lowest BCUT2D eigenvalue weighted by Gasteiger charge is -2.21. The molecule has 0 unspecified atom stereocenters. The first-order chi connectivity index (χ1) is 9.17. The Bertz CT molecular complexity index is 373. The first kappa shape index (κ1) is 18.0. The molecule has 0 aliphatic carbocycles. The van der Waals surface area contributed by atoms with E-state index < -0.39 is 11.1 Å². The van der Waals surface area contributed by atoms with Crippen molar-refractivity contribution < 1.29 is 9.59 Å². The van der Waals surface area contributed by atoms with Crippen LogP contribution in [0.2, 0.25) is 0 Å². The van der Waals surface area contributed by atoms with Crippen LogP contribution in [-0.4, -0.2) is 36.0 Å². The minimum absolute atomic E-state index is 0.275. The van der Waals surface area contributed by atoms with E-state index in [2.05, 4.69) is 34.0 Å². The number of rotatable bonds is 8. The molecule has 0 rings (SSSR count). The molecule has 6 heteroatoms. The maximum Gasteiger partial charge on any atom is 0.249 e. The van der Waals surface area contributed by atoms with Gasteiger partial charge in [0.2, 0.25) is 11.8 Å². The van der Waals surface area contributed by atoms with Crippen molar-refractivity contribution in [2.24, 2.45) is 10.2 Å². The Morgan fingerprint density at radius 3 is 1.45 bits per heavy atom. The summed E-state index contributed by atoms with van der Waals surface area (Å²) < 4.78 is 0. The molecule has 0 fully saturated rings. The molecule has 0 saturated carbocycles. The number of carbonyl (C=O) groups excluding carboxylic acids is 2. The van der Waals surface area contributed by atoms with E-state index in [0.717, 1.165) is 0 Å². The van der Waals surface area contributed by atoms with Gasteiger partial charge in [-0.15, -0.1) is 13.2 Å². The van der Waals surface area contributed by atoms with E-state index in [9.17, 15) is 9.59 Å². The molecule has 0 atom stereocenters. The van der Waals surface area contributed by atoms with Crippen LogP contribution in [-0.2, 0) is 9.59 Å². The van der Waals surface area contributed by atoms with Crippen LogP contribution in [0.5, 0.6) is 0 Å². The van der Waals surface area contributed by atoms with Crippen LogP contribution in [0.25, 0.3) is 0 Å². The molecule has 0 aromatic heterocycles. The Morgan fingerprint density at radius 1 is 0.900 bits per heavy atom. The van der Waals surface area contributed by atoms with Crippen molar-refractivity contribution in [3.63, 3.8) is 0 Å². The SMILES string of the molecule is C=CCNC(=O)C(C)(C)N=NC(C)(C)C(=O)NCC=C. The molecule has 0 aliphatic heterocycles. The van der Waals surface area contributed by atoms with Gasteiger partial charge in [0.25, 0.3) is 0 Å². The normalized spacial score (nSPS) is 12.0. The Balaban J connectivity index is 4.79. The third kappa shape index (κ3) is 5.77. The number of carbonyl (C=O) groups is 2. The van der Waals surface area contributed by atoms with Gasteiger partial charge >= 0.3 is 0 Å². The standard InChI is InChI=1S/C14H24N4O2/c1-7-9-15-11(19)13(3,4)17-18-14(5,6)12(20)16-10-8-2/h7-8H,1-2,9-10H2,3-6H3,(H,15,19)(H,16,20). The molecule has 0 spiro atoms. The summed E-state index contributed by atoms with van der Waals surface area (Å²) in [6.07, 6.45) is 3.16. The highest BCUT2D eigenvalue weighted by atomic mass is 16.2. The van der Waals surface area contributed by atoms with Gasteiger partial charge in [-0.2, -0.15) is 10.2 Å². The molecule has 0 aliphatic rings.